The van der Waals surface area contributed by atoms with E-state index in [2.05, 4.69) is 36.1 Å². The Labute approximate surface area is 198 Å². The van der Waals surface area contributed by atoms with Crippen LogP contribution >= 0.6 is 11.3 Å². The van der Waals surface area contributed by atoms with Gasteiger partial charge in [0.25, 0.3) is 0 Å². The average Bonchev–Trinajstić information content (AvgIpc) is 3.38. The number of fused-ring (bicyclic) bond motifs is 1. The zero-order valence-corrected chi connectivity index (χ0v) is 19.6. The van der Waals surface area contributed by atoms with Crippen LogP contribution in [0.25, 0.3) is 20.5 Å². The van der Waals surface area contributed by atoms with Gasteiger partial charge in [0, 0.05) is 22.7 Å². The van der Waals surface area contributed by atoms with Gasteiger partial charge in [0.2, 0.25) is 0 Å². The van der Waals surface area contributed by atoms with Crippen molar-refractivity contribution in [2.45, 2.75) is 19.8 Å². The minimum Gasteiger partial charge on any atom is -0.508 e. The van der Waals surface area contributed by atoms with Gasteiger partial charge in [-0.25, -0.2) is 0 Å². The molecule has 1 atom stereocenters. The highest BCUT2D eigenvalue weighted by molar-refractivity contribution is 7.22. The Balaban J connectivity index is 1.34. The molecule has 2 N–H and O–H groups in total. The number of phenols is 2. The summed E-state index contributed by atoms with van der Waals surface area (Å²) in [5.74, 6) is 2.24. The molecule has 0 radical (unpaired) electrons. The molecule has 4 nitrogen and oxygen atoms in total. The van der Waals surface area contributed by atoms with Gasteiger partial charge in [-0.2, -0.15) is 0 Å². The van der Waals surface area contributed by atoms with Crippen molar-refractivity contribution in [3.63, 3.8) is 0 Å². The molecule has 33 heavy (non-hydrogen) atoms. The van der Waals surface area contributed by atoms with Crippen LogP contribution in [-0.2, 0) is 6.42 Å². The Morgan fingerprint density at radius 2 is 1.73 bits per heavy atom. The summed E-state index contributed by atoms with van der Waals surface area (Å²) in [6.07, 6.45) is 2.07. The first-order valence-electron chi connectivity index (χ1n) is 11.5. The Kier molecular flexibility index (Phi) is 6.25. The van der Waals surface area contributed by atoms with E-state index in [4.69, 9.17) is 4.74 Å². The van der Waals surface area contributed by atoms with E-state index < -0.39 is 0 Å². The van der Waals surface area contributed by atoms with E-state index in [0.29, 0.717) is 0 Å². The highest BCUT2D eigenvalue weighted by atomic mass is 32.1. The SMILES string of the molecule is CC1CCN(CCOc2ccc(Cc3c(-c4ccc(O)cc4)sc4cc(O)ccc34)cc2)C1. The van der Waals surface area contributed by atoms with Gasteiger partial charge in [-0.3, -0.25) is 4.90 Å². The standard InChI is InChI=1S/C28H29NO3S/c1-19-12-13-29(18-19)14-15-32-24-9-2-20(3-10-24)16-26-25-11-8-23(31)17-27(25)33-28(26)21-4-6-22(30)7-5-21/h2-11,17,19,30-31H,12-16,18H2,1H3. The number of aromatic hydroxyl groups is 2. The summed E-state index contributed by atoms with van der Waals surface area (Å²) >= 11 is 1.67. The quantitative estimate of drug-likeness (QED) is 0.341. The van der Waals surface area contributed by atoms with Crippen molar-refractivity contribution < 1.29 is 14.9 Å². The van der Waals surface area contributed by atoms with E-state index in [0.717, 1.165) is 51.8 Å². The molecule has 0 amide bonds. The molecule has 4 aromatic rings. The topological polar surface area (TPSA) is 52.9 Å². The fraction of sp³-hybridized carbons (Fsp3) is 0.286. The van der Waals surface area contributed by atoms with Crippen LogP contribution < -0.4 is 4.74 Å². The number of ether oxygens (including phenoxy) is 1. The molecular weight excluding hydrogens is 430 g/mol. The second-order valence-electron chi connectivity index (χ2n) is 9.00. The molecule has 5 rings (SSSR count). The molecule has 170 valence electrons. The van der Waals surface area contributed by atoms with Crippen molar-refractivity contribution >= 4 is 21.4 Å². The number of rotatable bonds is 7. The summed E-state index contributed by atoms with van der Waals surface area (Å²) in [7, 11) is 0. The van der Waals surface area contributed by atoms with Crippen molar-refractivity contribution in [2.24, 2.45) is 5.92 Å². The lowest BCUT2D eigenvalue weighted by Gasteiger charge is -2.15. The summed E-state index contributed by atoms with van der Waals surface area (Å²) < 4.78 is 7.05. The Hall–Kier alpha value is -3.02. The predicted molar refractivity (Wildman–Crippen MR) is 136 cm³/mol. The van der Waals surface area contributed by atoms with E-state index in [1.54, 1.807) is 29.5 Å². The number of thiophene rings is 1. The maximum Gasteiger partial charge on any atom is 0.119 e. The van der Waals surface area contributed by atoms with Crippen LogP contribution in [-0.4, -0.2) is 41.4 Å². The first-order valence-corrected chi connectivity index (χ1v) is 12.3. The molecule has 0 aliphatic carbocycles. The number of hydrogen-bond donors (Lipinski definition) is 2. The maximum absolute atomic E-state index is 9.97. The van der Waals surface area contributed by atoms with Gasteiger partial charge in [-0.1, -0.05) is 19.1 Å². The smallest absolute Gasteiger partial charge is 0.119 e. The molecule has 2 heterocycles. The lowest BCUT2D eigenvalue weighted by molar-refractivity contribution is 0.234. The van der Waals surface area contributed by atoms with E-state index in [1.165, 1.54) is 30.6 Å². The minimum atomic E-state index is 0.258. The summed E-state index contributed by atoms with van der Waals surface area (Å²) in [6.45, 7) is 6.37. The molecule has 0 saturated carbocycles. The highest BCUT2D eigenvalue weighted by Crippen LogP contribution is 2.41. The van der Waals surface area contributed by atoms with Crippen molar-refractivity contribution in [3.05, 3.63) is 77.9 Å². The predicted octanol–water partition coefficient (Wildman–Crippen LogP) is 6.29. The van der Waals surface area contributed by atoms with Gasteiger partial charge in [0.15, 0.2) is 0 Å². The first-order chi connectivity index (χ1) is 16.0. The van der Waals surface area contributed by atoms with E-state index in [9.17, 15) is 10.2 Å². The van der Waals surface area contributed by atoms with Gasteiger partial charge in [0.05, 0.1) is 0 Å². The Morgan fingerprint density at radius 3 is 2.45 bits per heavy atom. The van der Waals surface area contributed by atoms with Crippen LogP contribution in [0, 0.1) is 5.92 Å². The molecule has 1 aliphatic rings. The monoisotopic (exact) mass is 459 g/mol. The number of benzene rings is 3. The zero-order valence-electron chi connectivity index (χ0n) is 18.8. The highest BCUT2D eigenvalue weighted by Gasteiger charge is 2.18. The van der Waals surface area contributed by atoms with E-state index >= 15 is 0 Å². The lowest BCUT2D eigenvalue weighted by atomic mass is 9.99. The Morgan fingerprint density at radius 1 is 0.970 bits per heavy atom. The molecule has 1 unspecified atom stereocenters. The first kappa shape index (κ1) is 21.8. The van der Waals surface area contributed by atoms with Crippen molar-refractivity contribution in [1.82, 2.24) is 4.90 Å². The number of nitrogens with zero attached hydrogens (tertiary/aromatic N) is 1. The lowest BCUT2D eigenvalue weighted by Crippen LogP contribution is -2.25. The average molecular weight is 460 g/mol. The van der Waals surface area contributed by atoms with Crippen molar-refractivity contribution in [2.75, 3.05) is 26.2 Å². The molecule has 1 saturated heterocycles. The van der Waals surface area contributed by atoms with E-state index in [-0.39, 0.29) is 11.5 Å². The Bertz CT molecular complexity index is 1230. The number of likely N-dealkylation sites (tertiary alicyclic amines) is 1. The second-order valence-corrected chi connectivity index (χ2v) is 10.1. The third kappa shape index (κ3) is 5.00. The largest absolute Gasteiger partial charge is 0.508 e. The number of hydrogen-bond acceptors (Lipinski definition) is 5. The maximum atomic E-state index is 9.97. The molecule has 0 bridgehead atoms. The fourth-order valence-electron chi connectivity index (χ4n) is 4.59. The third-order valence-electron chi connectivity index (χ3n) is 6.39. The molecular formula is C28H29NO3S. The van der Waals surface area contributed by atoms with Crippen LogP contribution in [0.15, 0.2) is 66.7 Å². The molecule has 5 heteroatoms. The van der Waals surface area contributed by atoms with Crippen LogP contribution in [0.1, 0.15) is 24.5 Å². The van der Waals surface area contributed by atoms with Crippen LogP contribution in [0.5, 0.6) is 17.2 Å². The van der Waals surface area contributed by atoms with Crippen molar-refractivity contribution in [1.29, 1.82) is 0 Å². The summed E-state index contributed by atoms with van der Waals surface area (Å²) in [5.41, 5.74) is 3.51. The van der Waals surface area contributed by atoms with Crippen LogP contribution in [0.2, 0.25) is 0 Å². The molecule has 3 aromatic carbocycles. The van der Waals surface area contributed by atoms with Gasteiger partial charge in [0.1, 0.15) is 23.9 Å². The summed E-state index contributed by atoms with van der Waals surface area (Å²) in [6, 6.07) is 21.3. The molecule has 1 aromatic heterocycles. The molecule has 1 fully saturated rings. The summed E-state index contributed by atoms with van der Waals surface area (Å²) in [5, 5.41) is 20.8. The third-order valence-corrected chi connectivity index (χ3v) is 7.64. The van der Waals surface area contributed by atoms with Gasteiger partial charge in [-0.05, 0) is 102 Å². The van der Waals surface area contributed by atoms with Gasteiger partial charge < -0.3 is 14.9 Å². The van der Waals surface area contributed by atoms with Gasteiger partial charge in [-0.15, -0.1) is 11.3 Å². The van der Waals surface area contributed by atoms with Gasteiger partial charge >= 0.3 is 0 Å². The second kappa shape index (κ2) is 9.46. The van der Waals surface area contributed by atoms with Crippen molar-refractivity contribution in [3.8, 4) is 27.7 Å². The fourth-order valence-corrected chi connectivity index (χ4v) is 5.85. The zero-order chi connectivity index (χ0) is 22.8. The summed E-state index contributed by atoms with van der Waals surface area (Å²) in [4.78, 5) is 3.64. The van der Waals surface area contributed by atoms with E-state index in [1.807, 2.05) is 24.3 Å². The molecule has 1 aliphatic heterocycles. The number of phenolic OH excluding ortho intramolecular Hbond substituents is 2. The molecule has 0 spiro atoms. The van der Waals surface area contributed by atoms with Crippen LogP contribution in [0.3, 0.4) is 0 Å². The minimum absolute atomic E-state index is 0.258. The van der Waals surface area contributed by atoms with Crippen LogP contribution in [0.4, 0.5) is 0 Å². The normalized spacial score (nSPS) is 16.5.